The third kappa shape index (κ3) is 5.28. The molecule has 0 spiro atoms. The number of methoxy groups -OCH3 is 2. The van der Waals surface area contributed by atoms with E-state index in [0.29, 0.717) is 23.6 Å². The first-order chi connectivity index (χ1) is 9.82. The lowest BCUT2D eigenvalue weighted by atomic mass is 10.0. The fourth-order valence-electron chi connectivity index (χ4n) is 1.98. The van der Waals surface area contributed by atoms with Gasteiger partial charge >= 0.3 is 6.18 Å². The fraction of sp³-hybridized carbons (Fsp3) is 0.571. The summed E-state index contributed by atoms with van der Waals surface area (Å²) in [5.41, 5.74) is 0.347. The molecule has 1 aromatic rings. The van der Waals surface area contributed by atoms with E-state index in [0.717, 1.165) is 6.42 Å². The highest BCUT2D eigenvalue weighted by Gasteiger charge is 2.33. The predicted octanol–water partition coefficient (Wildman–Crippen LogP) is 4.35. The van der Waals surface area contributed by atoms with E-state index in [1.54, 1.807) is 0 Å². The van der Waals surface area contributed by atoms with Crippen molar-refractivity contribution in [2.45, 2.75) is 32.0 Å². The van der Waals surface area contributed by atoms with Crippen LogP contribution in [0.4, 0.5) is 13.2 Å². The molecule has 7 heteroatoms. The van der Waals surface area contributed by atoms with Gasteiger partial charge in [0.2, 0.25) is 0 Å². The molecule has 1 rings (SSSR count). The van der Waals surface area contributed by atoms with E-state index in [4.69, 9.17) is 21.1 Å². The summed E-state index contributed by atoms with van der Waals surface area (Å²) in [6.45, 7) is 2.35. The van der Waals surface area contributed by atoms with Gasteiger partial charge in [-0.1, -0.05) is 18.5 Å². The van der Waals surface area contributed by atoms with Crippen molar-refractivity contribution in [1.82, 2.24) is 5.32 Å². The molecule has 0 aliphatic heterocycles. The molecule has 3 nitrogen and oxygen atoms in total. The van der Waals surface area contributed by atoms with Crippen LogP contribution < -0.4 is 14.8 Å². The highest BCUT2D eigenvalue weighted by molar-refractivity contribution is 6.31. The monoisotopic (exact) mass is 325 g/mol. The SMILES string of the molecule is CCCNC(CC(F)(F)F)c1cc(OC)c(OC)cc1Cl. The Labute approximate surface area is 127 Å². The maximum absolute atomic E-state index is 12.7. The first kappa shape index (κ1) is 17.9. The molecule has 0 aliphatic rings. The smallest absolute Gasteiger partial charge is 0.390 e. The average Bonchev–Trinajstić information content (AvgIpc) is 2.42. The van der Waals surface area contributed by atoms with Gasteiger partial charge in [-0.05, 0) is 24.6 Å². The summed E-state index contributed by atoms with van der Waals surface area (Å²) in [6, 6.07) is 2.03. The van der Waals surface area contributed by atoms with Crippen LogP contribution in [-0.2, 0) is 0 Å². The standard InChI is InChI=1S/C14H19ClF3NO2/c1-4-5-19-11(8-14(16,17)18)9-6-12(20-2)13(21-3)7-10(9)15/h6-7,11,19H,4-5,8H2,1-3H3. The molecule has 0 radical (unpaired) electrons. The Morgan fingerprint density at radius 3 is 2.24 bits per heavy atom. The van der Waals surface area contributed by atoms with Gasteiger partial charge in [-0.3, -0.25) is 0 Å². The molecule has 120 valence electrons. The lowest BCUT2D eigenvalue weighted by Gasteiger charge is -2.22. The van der Waals surface area contributed by atoms with Crippen molar-refractivity contribution in [1.29, 1.82) is 0 Å². The minimum atomic E-state index is -4.29. The Kier molecular flexibility index (Phi) is 6.61. The van der Waals surface area contributed by atoms with Crippen LogP contribution in [0.25, 0.3) is 0 Å². The van der Waals surface area contributed by atoms with Gasteiger partial charge in [-0.15, -0.1) is 0 Å². The largest absolute Gasteiger partial charge is 0.493 e. The van der Waals surface area contributed by atoms with Crippen molar-refractivity contribution in [3.8, 4) is 11.5 Å². The number of halogens is 4. The molecule has 0 fully saturated rings. The number of alkyl halides is 3. The molecule has 0 saturated heterocycles. The number of ether oxygens (including phenoxy) is 2. The molecule has 1 N–H and O–H groups in total. The summed E-state index contributed by atoms with van der Waals surface area (Å²) in [6.07, 6.45) is -4.57. The topological polar surface area (TPSA) is 30.5 Å². The van der Waals surface area contributed by atoms with E-state index in [-0.39, 0.29) is 5.02 Å². The highest BCUT2D eigenvalue weighted by atomic mass is 35.5. The van der Waals surface area contributed by atoms with Crippen LogP contribution >= 0.6 is 11.6 Å². The molecule has 0 bridgehead atoms. The van der Waals surface area contributed by atoms with Crippen molar-refractivity contribution in [2.24, 2.45) is 0 Å². The van der Waals surface area contributed by atoms with Gasteiger partial charge in [0.05, 0.1) is 20.6 Å². The van der Waals surface area contributed by atoms with Crippen molar-refractivity contribution >= 4 is 11.6 Å². The maximum atomic E-state index is 12.7. The van der Waals surface area contributed by atoms with Crippen LogP contribution in [0.1, 0.15) is 31.4 Å². The number of rotatable bonds is 7. The summed E-state index contributed by atoms with van der Waals surface area (Å²) in [7, 11) is 2.87. The molecular weight excluding hydrogens is 307 g/mol. The van der Waals surface area contributed by atoms with Crippen LogP contribution in [0.5, 0.6) is 11.5 Å². The van der Waals surface area contributed by atoms with Crippen LogP contribution in [0.15, 0.2) is 12.1 Å². The zero-order chi connectivity index (χ0) is 16.0. The molecule has 0 saturated carbocycles. The third-order valence-electron chi connectivity index (χ3n) is 2.95. The van der Waals surface area contributed by atoms with E-state index in [1.807, 2.05) is 6.92 Å². The summed E-state index contributed by atoms with van der Waals surface area (Å²) in [4.78, 5) is 0. The lowest BCUT2D eigenvalue weighted by molar-refractivity contribution is -0.140. The van der Waals surface area contributed by atoms with Gasteiger partial charge in [-0.25, -0.2) is 0 Å². The molecule has 0 aliphatic carbocycles. The molecular formula is C14H19ClF3NO2. The van der Waals surface area contributed by atoms with Crippen molar-refractivity contribution in [3.05, 3.63) is 22.7 Å². The molecule has 0 amide bonds. The number of hydrogen-bond donors (Lipinski definition) is 1. The summed E-state index contributed by atoms with van der Waals surface area (Å²) in [5.74, 6) is 0.731. The zero-order valence-corrected chi connectivity index (χ0v) is 12.9. The average molecular weight is 326 g/mol. The first-order valence-corrected chi connectivity index (χ1v) is 6.91. The van der Waals surface area contributed by atoms with E-state index in [1.165, 1.54) is 26.4 Å². The van der Waals surface area contributed by atoms with Gasteiger partial charge in [-0.2, -0.15) is 13.2 Å². The van der Waals surface area contributed by atoms with Gasteiger partial charge in [0.15, 0.2) is 11.5 Å². The number of benzene rings is 1. The summed E-state index contributed by atoms with van der Waals surface area (Å²) < 4.78 is 48.4. The van der Waals surface area contributed by atoms with Crippen LogP contribution in [0.2, 0.25) is 5.02 Å². The summed E-state index contributed by atoms with van der Waals surface area (Å²) in [5, 5.41) is 3.08. The number of nitrogens with one attached hydrogen (secondary N) is 1. The lowest BCUT2D eigenvalue weighted by Crippen LogP contribution is -2.27. The van der Waals surface area contributed by atoms with Crippen LogP contribution in [0.3, 0.4) is 0 Å². The van der Waals surface area contributed by atoms with E-state index < -0.39 is 18.6 Å². The van der Waals surface area contributed by atoms with Gasteiger partial charge in [0.1, 0.15) is 0 Å². The molecule has 0 heterocycles. The Hall–Kier alpha value is -1.14. The summed E-state index contributed by atoms with van der Waals surface area (Å²) >= 11 is 6.10. The van der Waals surface area contributed by atoms with E-state index >= 15 is 0 Å². The molecule has 1 unspecified atom stereocenters. The fourth-order valence-corrected chi connectivity index (χ4v) is 2.26. The van der Waals surface area contributed by atoms with Gasteiger partial charge in [0.25, 0.3) is 0 Å². The Morgan fingerprint density at radius 2 is 1.76 bits per heavy atom. The predicted molar refractivity (Wildman–Crippen MR) is 76.3 cm³/mol. The Bertz CT molecular complexity index is 466. The van der Waals surface area contributed by atoms with Crippen LogP contribution in [0, 0.1) is 0 Å². The minimum absolute atomic E-state index is 0.213. The Morgan fingerprint density at radius 1 is 1.19 bits per heavy atom. The second-order valence-corrected chi connectivity index (χ2v) is 4.96. The van der Waals surface area contributed by atoms with Crippen molar-refractivity contribution in [3.63, 3.8) is 0 Å². The van der Waals surface area contributed by atoms with Gasteiger partial charge in [0, 0.05) is 17.1 Å². The van der Waals surface area contributed by atoms with Gasteiger partial charge < -0.3 is 14.8 Å². The minimum Gasteiger partial charge on any atom is -0.493 e. The Balaban J connectivity index is 3.16. The maximum Gasteiger partial charge on any atom is 0.390 e. The molecule has 1 atom stereocenters. The molecule has 21 heavy (non-hydrogen) atoms. The highest BCUT2D eigenvalue weighted by Crippen LogP contribution is 2.39. The van der Waals surface area contributed by atoms with Crippen molar-refractivity contribution < 1.29 is 22.6 Å². The molecule has 1 aromatic carbocycles. The first-order valence-electron chi connectivity index (χ1n) is 6.54. The quantitative estimate of drug-likeness (QED) is 0.808. The zero-order valence-electron chi connectivity index (χ0n) is 12.2. The number of hydrogen-bond acceptors (Lipinski definition) is 3. The van der Waals surface area contributed by atoms with Crippen molar-refractivity contribution in [2.75, 3.05) is 20.8 Å². The normalized spacial score (nSPS) is 13.1. The van der Waals surface area contributed by atoms with E-state index in [2.05, 4.69) is 5.32 Å². The van der Waals surface area contributed by atoms with Crippen LogP contribution in [-0.4, -0.2) is 26.9 Å². The second kappa shape index (κ2) is 7.75. The third-order valence-corrected chi connectivity index (χ3v) is 3.28. The second-order valence-electron chi connectivity index (χ2n) is 4.55. The molecule has 0 aromatic heterocycles. The van der Waals surface area contributed by atoms with E-state index in [9.17, 15) is 13.2 Å².